The van der Waals surface area contributed by atoms with Crippen molar-refractivity contribution in [2.24, 2.45) is 0 Å². The number of hydrogen-bond donors (Lipinski definition) is 2. The van der Waals surface area contributed by atoms with E-state index >= 15 is 0 Å². The lowest BCUT2D eigenvalue weighted by Gasteiger charge is -2.03. The molecule has 0 fully saturated rings. The zero-order valence-electron chi connectivity index (χ0n) is 10.8. The summed E-state index contributed by atoms with van der Waals surface area (Å²) in [7, 11) is 0. The Hall–Kier alpha value is -2.41. The van der Waals surface area contributed by atoms with Gasteiger partial charge in [-0.3, -0.25) is 9.89 Å². The van der Waals surface area contributed by atoms with Crippen LogP contribution in [0.25, 0.3) is 11.6 Å². The van der Waals surface area contributed by atoms with Gasteiger partial charge in [0, 0.05) is 10.0 Å². The fraction of sp³-hybridized carbons (Fsp3) is 0.0714. The average molecular weight is 347 g/mol. The molecule has 106 valence electrons. The smallest absolute Gasteiger partial charge is 0.251 e. The predicted octanol–water partition coefficient (Wildman–Crippen LogP) is 2.76. The quantitative estimate of drug-likeness (QED) is 0.760. The van der Waals surface area contributed by atoms with E-state index in [0.29, 0.717) is 23.0 Å². The third-order valence-electron chi connectivity index (χ3n) is 2.78. The van der Waals surface area contributed by atoms with Crippen LogP contribution in [0.3, 0.4) is 0 Å². The molecule has 3 rings (SSSR count). The van der Waals surface area contributed by atoms with Crippen molar-refractivity contribution in [2.45, 2.75) is 6.54 Å². The summed E-state index contributed by atoms with van der Waals surface area (Å²) < 4.78 is 6.06. The molecule has 2 aromatic heterocycles. The summed E-state index contributed by atoms with van der Waals surface area (Å²) >= 11 is 3.33. The Kier molecular flexibility index (Phi) is 3.83. The maximum atomic E-state index is 12.0. The molecule has 0 saturated heterocycles. The van der Waals surface area contributed by atoms with Gasteiger partial charge >= 0.3 is 0 Å². The largest absolute Gasteiger partial charge is 0.461 e. The zero-order chi connectivity index (χ0) is 14.7. The standard InChI is InChI=1S/C14H11BrN4O2/c15-10-4-1-3-9(7-10)14(20)16-8-12-17-13(19-18-12)11-5-2-6-21-11/h1-7H,8H2,(H,16,20)(H,17,18,19). The molecule has 0 aliphatic carbocycles. The van der Waals surface area contributed by atoms with E-state index in [4.69, 9.17) is 4.42 Å². The molecular formula is C14H11BrN4O2. The third-order valence-corrected chi connectivity index (χ3v) is 3.27. The van der Waals surface area contributed by atoms with Crippen molar-refractivity contribution in [3.8, 4) is 11.6 Å². The van der Waals surface area contributed by atoms with Gasteiger partial charge in [0.1, 0.15) is 5.82 Å². The maximum absolute atomic E-state index is 12.0. The molecule has 0 bridgehead atoms. The molecule has 0 radical (unpaired) electrons. The molecule has 6 nitrogen and oxygen atoms in total. The van der Waals surface area contributed by atoms with Gasteiger partial charge in [0.15, 0.2) is 5.76 Å². The molecule has 2 N–H and O–H groups in total. The highest BCUT2D eigenvalue weighted by atomic mass is 79.9. The fourth-order valence-electron chi connectivity index (χ4n) is 1.79. The van der Waals surface area contributed by atoms with Crippen LogP contribution in [0.15, 0.2) is 51.6 Å². The number of carbonyl (C=O) groups is 1. The lowest BCUT2D eigenvalue weighted by Crippen LogP contribution is -2.23. The third kappa shape index (κ3) is 3.19. The number of amides is 1. The summed E-state index contributed by atoms with van der Waals surface area (Å²) in [5, 5.41) is 9.58. The molecule has 0 spiro atoms. The topological polar surface area (TPSA) is 83.8 Å². The summed E-state index contributed by atoms with van der Waals surface area (Å²) in [4.78, 5) is 16.2. The molecule has 0 unspecified atom stereocenters. The second kappa shape index (κ2) is 5.92. The molecule has 1 aromatic carbocycles. The average Bonchev–Trinajstić information content (AvgIpc) is 3.15. The van der Waals surface area contributed by atoms with Gasteiger partial charge in [-0.25, -0.2) is 4.98 Å². The summed E-state index contributed by atoms with van der Waals surface area (Å²) in [5.74, 6) is 1.43. The highest BCUT2D eigenvalue weighted by Crippen LogP contribution is 2.14. The van der Waals surface area contributed by atoms with Gasteiger partial charge in [-0.2, -0.15) is 0 Å². The first-order chi connectivity index (χ1) is 10.2. The van der Waals surface area contributed by atoms with Gasteiger partial charge in [0.25, 0.3) is 5.91 Å². The van der Waals surface area contributed by atoms with Gasteiger partial charge in [-0.1, -0.05) is 22.0 Å². The number of benzene rings is 1. The number of furan rings is 1. The number of rotatable bonds is 4. The molecule has 7 heteroatoms. The molecule has 1 amide bonds. The molecule has 21 heavy (non-hydrogen) atoms. The maximum Gasteiger partial charge on any atom is 0.251 e. The summed E-state index contributed by atoms with van der Waals surface area (Å²) in [6.07, 6.45) is 1.56. The predicted molar refractivity (Wildman–Crippen MR) is 79.4 cm³/mol. The SMILES string of the molecule is O=C(NCc1nc(-c2ccco2)n[nH]1)c1cccc(Br)c1. The van der Waals surface area contributed by atoms with Crippen molar-refractivity contribution in [1.82, 2.24) is 20.5 Å². The first kappa shape index (κ1) is 13.6. The molecular weight excluding hydrogens is 336 g/mol. The second-order valence-corrected chi connectivity index (χ2v) is 5.19. The van der Waals surface area contributed by atoms with Crippen molar-refractivity contribution in [3.63, 3.8) is 0 Å². The van der Waals surface area contributed by atoms with Crippen LogP contribution in [0.1, 0.15) is 16.2 Å². The van der Waals surface area contributed by atoms with Crippen molar-refractivity contribution in [2.75, 3.05) is 0 Å². The van der Waals surface area contributed by atoms with Crippen LogP contribution in [0, 0.1) is 0 Å². The zero-order valence-corrected chi connectivity index (χ0v) is 12.4. The summed E-state index contributed by atoms with van der Waals surface area (Å²) in [6, 6.07) is 10.7. The van der Waals surface area contributed by atoms with E-state index in [1.165, 1.54) is 0 Å². The van der Waals surface area contributed by atoms with Crippen LogP contribution < -0.4 is 5.32 Å². The van der Waals surface area contributed by atoms with Crippen LogP contribution >= 0.6 is 15.9 Å². The molecule has 0 saturated carbocycles. The minimum atomic E-state index is -0.174. The van der Waals surface area contributed by atoms with Crippen molar-refractivity contribution in [3.05, 3.63) is 58.5 Å². The lowest BCUT2D eigenvalue weighted by atomic mass is 10.2. The molecule has 0 atom stereocenters. The number of carbonyl (C=O) groups excluding carboxylic acids is 1. The van der Waals surface area contributed by atoms with E-state index in [-0.39, 0.29) is 12.5 Å². The van der Waals surface area contributed by atoms with E-state index in [9.17, 15) is 4.79 Å². The first-order valence-corrected chi connectivity index (χ1v) is 7.00. The Bertz CT molecular complexity index is 752. The summed E-state index contributed by atoms with van der Waals surface area (Å²) in [6.45, 7) is 0.263. The van der Waals surface area contributed by atoms with Gasteiger partial charge in [0.05, 0.1) is 12.8 Å². The highest BCUT2D eigenvalue weighted by Gasteiger charge is 2.10. The number of nitrogens with one attached hydrogen (secondary N) is 2. The molecule has 0 aliphatic rings. The lowest BCUT2D eigenvalue weighted by molar-refractivity contribution is 0.0950. The Balaban J connectivity index is 1.64. The van der Waals surface area contributed by atoms with Gasteiger partial charge in [-0.05, 0) is 30.3 Å². The number of hydrogen-bond acceptors (Lipinski definition) is 4. The van der Waals surface area contributed by atoms with Gasteiger partial charge < -0.3 is 9.73 Å². The Morgan fingerprint density at radius 2 is 2.24 bits per heavy atom. The van der Waals surface area contributed by atoms with Crippen LogP contribution in [-0.4, -0.2) is 21.1 Å². The van der Waals surface area contributed by atoms with Crippen LogP contribution in [0.2, 0.25) is 0 Å². The van der Waals surface area contributed by atoms with E-state index in [1.54, 1.807) is 30.5 Å². The minimum absolute atomic E-state index is 0.174. The van der Waals surface area contributed by atoms with Crippen LogP contribution in [0.5, 0.6) is 0 Å². The number of aromatic nitrogens is 3. The Labute approximate surface area is 128 Å². The second-order valence-electron chi connectivity index (χ2n) is 4.28. The first-order valence-electron chi connectivity index (χ1n) is 6.21. The van der Waals surface area contributed by atoms with Crippen LogP contribution in [0.4, 0.5) is 0 Å². The number of halogens is 1. The van der Waals surface area contributed by atoms with Gasteiger partial charge in [0.2, 0.25) is 5.82 Å². The molecule has 2 heterocycles. The number of nitrogens with zero attached hydrogens (tertiary/aromatic N) is 2. The van der Waals surface area contributed by atoms with Crippen molar-refractivity contribution in [1.29, 1.82) is 0 Å². The van der Waals surface area contributed by atoms with Crippen LogP contribution in [-0.2, 0) is 6.54 Å². The monoisotopic (exact) mass is 346 g/mol. The number of H-pyrrole nitrogens is 1. The fourth-order valence-corrected chi connectivity index (χ4v) is 2.19. The number of aromatic amines is 1. The van der Waals surface area contributed by atoms with E-state index in [0.717, 1.165) is 4.47 Å². The minimum Gasteiger partial charge on any atom is -0.461 e. The molecule has 3 aromatic rings. The Morgan fingerprint density at radius 1 is 1.33 bits per heavy atom. The molecule has 0 aliphatic heterocycles. The summed E-state index contributed by atoms with van der Waals surface area (Å²) in [5.41, 5.74) is 0.579. The normalized spacial score (nSPS) is 10.5. The van der Waals surface area contributed by atoms with E-state index < -0.39 is 0 Å². The van der Waals surface area contributed by atoms with Crippen molar-refractivity contribution >= 4 is 21.8 Å². The van der Waals surface area contributed by atoms with Gasteiger partial charge in [-0.15, -0.1) is 5.10 Å². The van der Waals surface area contributed by atoms with Crippen molar-refractivity contribution < 1.29 is 9.21 Å². The highest BCUT2D eigenvalue weighted by molar-refractivity contribution is 9.10. The van der Waals surface area contributed by atoms with E-state index in [1.807, 2.05) is 12.1 Å². The van der Waals surface area contributed by atoms with E-state index in [2.05, 4.69) is 36.4 Å². The Morgan fingerprint density at radius 3 is 3.00 bits per heavy atom.